The van der Waals surface area contributed by atoms with Gasteiger partial charge in [0, 0.05) is 11.4 Å². The van der Waals surface area contributed by atoms with E-state index in [0.717, 1.165) is 5.56 Å². The molecule has 0 fully saturated rings. The van der Waals surface area contributed by atoms with Crippen LogP contribution in [0.4, 0.5) is 11.4 Å². The maximum Gasteiger partial charge on any atom is 0.329 e. The van der Waals surface area contributed by atoms with Gasteiger partial charge in [0.05, 0.1) is 6.21 Å². The van der Waals surface area contributed by atoms with Crippen LogP contribution in [0.2, 0.25) is 0 Å². The van der Waals surface area contributed by atoms with Crippen LogP contribution in [0, 0.1) is 6.92 Å². The highest BCUT2D eigenvalue weighted by atomic mass is 16.5. The van der Waals surface area contributed by atoms with Crippen molar-refractivity contribution in [3.8, 4) is 11.5 Å². The van der Waals surface area contributed by atoms with Crippen LogP contribution in [-0.2, 0) is 14.4 Å². The molecule has 9 heteroatoms. The topological polar surface area (TPSA) is 118 Å². The Bertz CT molecular complexity index is 1260. The Hall–Kier alpha value is -4.92. The summed E-state index contributed by atoms with van der Waals surface area (Å²) in [5, 5.41) is 9.04. The van der Waals surface area contributed by atoms with E-state index in [2.05, 4.69) is 27.7 Å². The van der Waals surface area contributed by atoms with Gasteiger partial charge in [-0.2, -0.15) is 5.10 Å². The first kappa shape index (κ1) is 25.7. The van der Waals surface area contributed by atoms with Gasteiger partial charge >= 0.3 is 11.8 Å². The number of carbonyl (C=O) groups excluding carboxylic acids is 3. The van der Waals surface area contributed by atoms with Gasteiger partial charge in [-0.05, 0) is 66.6 Å². The predicted molar refractivity (Wildman–Crippen MR) is 138 cm³/mol. The number of aryl methyl sites for hydroxylation is 1. The number of rotatable bonds is 10. The third kappa shape index (κ3) is 8.45. The normalized spacial score (nSPS) is 10.4. The van der Waals surface area contributed by atoms with Gasteiger partial charge in [0.15, 0.2) is 6.61 Å². The Labute approximate surface area is 208 Å². The second-order valence-corrected chi connectivity index (χ2v) is 7.56. The molecule has 0 aliphatic carbocycles. The lowest BCUT2D eigenvalue weighted by Crippen LogP contribution is -2.32. The summed E-state index contributed by atoms with van der Waals surface area (Å²) in [6.07, 6.45) is 2.98. The molecule has 0 aliphatic heterocycles. The Balaban J connectivity index is 1.45. The highest BCUT2D eigenvalue weighted by Gasteiger charge is 2.13. The van der Waals surface area contributed by atoms with Crippen LogP contribution in [-0.4, -0.2) is 37.1 Å². The molecular formula is C27H26N4O5. The number of benzene rings is 3. The summed E-state index contributed by atoms with van der Waals surface area (Å²) < 4.78 is 10.9. The molecule has 0 bridgehead atoms. The number of hydrazone groups is 1. The molecular weight excluding hydrogens is 460 g/mol. The SMILES string of the molecule is C=CCOc1ccc(NC(=O)C(=O)N/N=C\c2cccc(OCC(=O)Nc3cccc(C)c3)c2)cc1. The van der Waals surface area contributed by atoms with Gasteiger partial charge in [-0.15, -0.1) is 0 Å². The van der Waals surface area contributed by atoms with Crippen molar-refractivity contribution < 1.29 is 23.9 Å². The molecule has 9 nitrogen and oxygen atoms in total. The van der Waals surface area contributed by atoms with Crippen LogP contribution >= 0.6 is 0 Å². The zero-order valence-corrected chi connectivity index (χ0v) is 19.7. The molecule has 0 aromatic heterocycles. The number of hydrogen-bond acceptors (Lipinski definition) is 6. The lowest BCUT2D eigenvalue weighted by Gasteiger charge is -2.08. The molecule has 0 spiro atoms. The van der Waals surface area contributed by atoms with Gasteiger partial charge < -0.3 is 20.1 Å². The molecule has 3 rings (SSSR count). The van der Waals surface area contributed by atoms with E-state index >= 15 is 0 Å². The second-order valence-electron chi connectivity index (χ2n) is 7.56. The Morgan fingerprint density at radius 2 is 1.64 bits per heavy atom. The number of amides is 3. The molecule has 0 aliphatic rings. The zero-order chi connectivity index (χ0) is 25.8. The third-order valence-electron chi connectivity index (χ3n) is 4.60. The average molecular weight is 487 g/mol. The molecule has 0 saturated carbocycles. The molecule has 184 valence electrons. The number of nitrogens with one attached hydrogen (secondary N) is 3. The van der Waals surface area contributed by atoms with Crippen molar-refractivity contribution in [2.75, 3.05) is 23.8 Å². The van der Waals surface area contributed by atoms with E-state index in [1.807, 2.05) is 25.1 Å². The van der Waals surface area contributed by atoms with Crippen molar-refractivity contribution in [3.05, 3.63) is 96.6 Å². The van der Waals surface area contributed by atoms with E-state index in [1.54, 1.807) is 60.7 Å². The fourth-order valence-electron chi connectivity index (χ4n) is 2.95. The maximum atomic E-state index is 12.1. The minimum atomic E-state index is -0.932. The van der Waals surface area contributed by atoms with E-state index in [1.165, 1.54) is 6.21 Å². The fraction of sp³-hybridized carbons (Fsp3) is 0.111. The summed E-state index contributed by atoms with van der Waals surface area (Å²) in [6, 6.07) is 20.8. The minimum Gasteiger partial charge on any atom is -0.490 e. The second kappa shape index (κ2) is 13.1. The summed E-state index contributed by atoms with van der Waals surface area (Å²) in [4.78, 5) is 36.2. The lowest BCUT2D eigenvalue weighted by molar-refractivity contribution is -0.136. The van der Waals surface area contributed by atoms with Crippen LogP contribution < -0.4 is 25.5 Å². The summed E-state index contributed by atoms with van der Waals surface area (Å²) >= 11 is 0. The van der Waals surface area contributed by atoms with Crippen molar-refractivity contribution in [2.24, 2.45) is 5.10 Å². The van der Waals surface area contributed by atoms with Gasteiger partial charge in [-0.1, -0.05) is 36.9 Å². The molecule has 3 aromatic rings. The molecule has 3 aromatic carbocycles. The van der Waals surface area contributed by atoms with Crippen LogP contribution in [0.25, 0.3) is 0 Å². The number of carbonyl (C=O) groups is 3. The monoisotopic (exact) mass is 486 g/mol. The molecule has 3 N–H and O–H groups in total. The van der Waals surface area contributed by atoms with Crippen molar-refractivity contribution in [1.29, 1.82) is 0 Å². The van der Waals surface area contributed by atoms with Crippen molar-refractivity contribution in [3.63, 3.8) is 0 Å². The molecule has 36 heavy (non-hydrogen) atoms. The first-order valence-electron chi connectivity index (χ1n) is 11.0. The summed E-state index contributed by atoms with van der Waals surface area (Å²) in [5.41, 5.74) is 4.93. The van der Waals surface area contributed by atoms with Crippen molar-refractivity contribution in [1.82, 2.24) is 5.43 Å². The molecule has 0 heterocycles. The fourth-order valence-corrected chi connectivity index (χ4v) is 2.95. The zero-order valence-electron chi connectivity index (χ0n) is 19.7. The third-order valence-corrected chi connectivity index (χ3v) is 4.60. The minimum absolute atomic E-state index is 0.174. The average Bonchev–Trinajstić information content (AvgIpc) is 2.87. The highest BCUT2D eigenvalue weighted by molar-refractivity contribution is 6.39. The van der Waals surface area contributed by atoms with Crippen LogP contribution in [0.3, 0.4) is 0 Å². The van der Waals surface area contributed by atoms with E-state index in [9.17, 15) is 14.4 Å². The first-order valence-corrected chi connectivity index (χ1v) is 11.0. The van der Waals surface area contributed by atoms with Gasteiger partial charge in [0.2, 0.25) is 0 Å². The highest BCUT2D eigenvalue weighted by Crippen LogP contribution is 2.16. The first-order chi connectivity index (χ1) is 17.4. The number of ether oxygens (including phenoxy) is 2. The molecule has 0 saturated heterocycles. The predicted octanol–water partition coefficient (Wildman–Crippen LogP) is 3.67. The molecule has 0 unspecified atom stereocenters. The van der Waals surface area contributed by atoms with Crippen LogP contribution in [0.1, 0.15) is 11.1 Å². The van der Waals surface area contributed by atoms with E-state index in [-0.39, 0.29) is 12.5 Å². The molecule has 3 amide bonds. The van der Waals surface area contributed by atoms with Crippen LogP contribution in [0.15, 0.2) is 90.6 Å². The Morgan fingerprint density at radius 3 is 2.39 bits per heavy atom. The lowest BCUT2D eigenvalue weighted by atomic mass is 10.2. The van der Waals surface area contributed by atoms with Crippen molar-refractivity contribution >= 4 is 35.3 Å². The standard InChI is InChI=1S/C27H26N4O5/c1-3-14-35-23-12-10-21(11-13-23)30-26(33)27(34)31-28-17-20-7-5-9-24(16-20)36-18-25(32)29-22-8-4-6-19(2)15-22/h3-13,15-17H,1,14,18H2,2H3,(H,29,32)(H,30,33)(H,31,34)/b28-17-. The largest absolute Gasteiger partial charge is 0.490 e. The smallest absolute Gasteiger partial charge is 0.329 e. The summed E-state index contributed by atoms with van der Waals surface area (Å²) in [5.74, 6) is -1.04. The number of anilines is 2. The van der Waals surface area contributed by atoms with E-state index in [0.29, 0.717) is 35.0 Å². The van der Waals surface area contributed by atoms with Gasteiger partial charge in [-0.25, -0.2) is 5.43 Å². The maximum absolute atomic E-state index is 12.1. The number of hydrogen-bond donors (Lipinski definition) is 3. The quantitative estimate of drug-likeness (QED) is 0.175. The summed E-state index contributed by atoms with van der Waals surface area (Å²) in [6.45, 7) is 5.70. The van der Waals surface area contributed by atoms with Gasteiger partial charge in [0.25, 0.3) is 5.91 Å². The molecule has 0 atom stereocenters. The van der Waals surface area contributed by atoms with Crippen molar-refractivity contribution in [2.45, 2.75) is 6.92 Å². The van der Waals surface area contributed by atoms with E-state index < -0.39 is 11.8 Å². The Morgan fingerprint density at radius 1 is 0.861 bits per heavy atom. The van der Waals surface area contributed by atoms with Crippen LogP contribution in [0.5, 0.6) is 11.5 Å². The number of nitrogens with zero attached hydrogens (tertiary/aromatic N) is 1. The van der Waals surface area contributed by atoms with Gasteiger partial charge in [-0.3, -0.25) is 14.4 Å². The van der Waals surface area contributed by atoms with Gasteiger partial charge in [0.1, 0.15) is 18.1 Å². The molecule has 0 radical (unpaired) electrons. The van der Waals surface area contributed by atoms with E-state index in [4.69, 9.17) is 9.47 Å². The summed E-state index contributed by atoms with van der Waals surface area (Å²) in [7, 11) is 0. The Kier molecular flexibility index (Phi) is 9.35.